The molecule has 1 aromatic carbocycles. The number of hydrogen-bond donors (Lipinski definition) is 1. The third-order valence-corrected chi connectivity index (χ3v) is 4.53. The predicted octanol–water partition coefficient (Wildman–Crippen LogP) is 2.60. The van der Waals surface area contributed by atoms with Crippen molar-refractivity contribution < 1.29 is 22.7 Å². The molecule has 2 atom stereocenters. The van der Waals surface area contributed by atoms with Crippen molar-refractivity contribution in [1.29, 1.82) is 0 Å². The van der Waals surface area contributed by atoms with E-state index in [0.717, 1.165) is 31.5 Å². The van der Waals surface area contributed by atoms with Crippen LogP contribution in [0.5, 0.6) is 0 Å². The number of carbonyl (C=O) groups is 1. The zero-order valence-electron chi connectivity index (χ0n) is 13.5. The number of hydrogen-bond acceptors (Lipinski definition) is 3. The summed E-state index contributed by atoms with van der Waals surface area (Å²) in [4.78, 5) is 14.5. The molecule has 24 heavy (non-hydrogen) atoms. The SMILES string of the molecule is CN1CCO[C@H](C(=O)N[C@@H](c2cccc(C(F)(F)F)c2)C2CC2)C1. The van der Waals surface area contributed by atoms with Crippen LogP contribution in [0.2, 0.25) is 0 Å². The Hall–Kier alpha value is -1.60. The Labute approximate surface area is 139 Å². The summed E-state index contributed by atoms with van der Waals surface area (Å²) in [5, 5.41) is 2.91. The molecule has 0 aromatic heterocycles. The highest BCUT2D eigenvalue weighted by Crippen LogP contribution is 2.42. The van der Waals surface area contributed by atoms with Gasteiger partial charge in [-0.25, -0.2) is 0 Å². The third kappa shape index (κ3) is 4.08. The minimum atomic E-state index is -4.39. The Morgan fingerprint density at radius 1 is 1.38 bits per heavy atom. The van der Waals surface area contributed by atoms with E-state index >= 15 is 0 Å². The largest absolute Gasteiger partial charge is 0.416 e. The monoisotopic (exact) mass is 342 g/mol. The van der Waals surface area contributed by atoms with Gasteiger partial charge in [0, 0.05) is 13.1 Å². The van der Waals surface area contributed by atoms with Gasteiger partial charge in [-0.1, -0.05) is 12.1 Å². The average molecular weight is 342 g/mol. The number of likely N-dealkylation sites (N-methyl/N-ethyl adjacent to an activating group) is 1. The minimum Gasteiger partial charge on any atom is -0.366 e. The van der Waals surface area contributed by atoms with Crippen LogP contribution in [-0.2, 0) is 15.7 Å². The summed E-state index contributed by atoms with van der Waals surface area (Å²) in [5.41, 5.74) is -0.182. The van der Waals surface area contributed by atoms with Crippen molar-refractivity contribution in [2.75, 3.05) is 26.7 Å². The molecule has 1 N–H and O–H groups in total. The van der Waals surface area contributed by atoms with Gasteiger partial charge in [0.25, 0.3) is 5.91 Å². The molecular weight excluding hydrogens is 321 g/mol. The van der Waals surface area contributed by atoms with Gasteiger partial charge in [0.05, 0.1) is 18.2 Å². The van der Waals surface area contributed by atoms with Crippen LogP contribution in [0.1, 0.15) is 30.0 Å². The highest BCUT2D eigenvalue weighted by molar-refractivity contribution is 5.81. The Balaban J connectivity index is 1.75. The highest BCUT2D eigenvalue weighted by atomic mass is 19.4. The zero-order chi connectivity index (χ0) is 17.3. The summed E-state index contributed by atoms with van der Waals surface area (Å²) in [5.74, 6) is -0.0605. The van der Waals surface area contributed by atoms with Crippen LogP contribution < -0.4 is 5.32 Å². The minimum absolute atomic E-state index is 0.193. The van der Waals surface area contributed by atoms with E-state index in [2.05, 4.69) is 5.32 Å². The maximum atomic E-state index is 12.9. The smallest absolute Gasteiger partial charge is 0.366 e. The zero-order valence-corrected chi connectivity index (χ0v) is 13.5. The molecule has 1 amide bonds. The molecule has 1 saturated heterocycles. The fourth-order valence-electron chi connectivity index (χ4n) is 2.99. The standard InChI is InChI=1S/C17H21F3N2O2/c1-22-7-8-24-14(10-22)16(23)21-15(11-5-6-11)12-3-2-4-13(9-12)17(18,19)20/h2-4,9,11,14-15H,5-8,10H2,1H3,(H,21,23)/t14-,15+/m0/s1. The van der Waals surface area contributed by atoms with Crippen LogP contribution in [0.3, 0.4) is 0 Å². The highest BCUT2D eigenvalue weighted by Gasteiger charge is 2.37. The normalized spacial score (nSPS) is 23.8. The summed E-state index contributed by atoms with van der Waals surface area (Å²) in [6.07, 6.45) is -3.14. The van der Waals surface area contributed by atoms with E-state index in [-0.39, 0.29) is 11.8 Å². The van der Waals surface area contributed by atoms with Crippen molar-refractivity contribution in [2.45, 2.75) is 31.2 Å². The molecular formula is C17H21F3N2O2. The first-order chi connectivity index (χ1) is 11.3. The maximum absolute atomic E-state index is 12.9. The number of rotatable bonds is 4. The first-order valence-electron chi connectivity index (χ1n) is 8.12. The Kier molecular flexibility index (Phi) is 4.83. The number of benzene rings is 1. The third-order valence-electron chi connectivity index (χ3n) is 4.53. The second kappa shape index (κ2) is 6.72. The molecule has 0 bridgehead atoms. The van der Waals surface area contributed by atoms with Crippen molar-refractivity contribution in [3.63, 3.8) is 0 Å². The summed E-state index contributed by atoms with van der Waals surface area (Å²) in [7, 11) is 1.91. The van der Waals surface area contributed by atoms with Gasteiger partial charge in [-0.2, -0.15) is 13.2 Å². The number of alkyl halides is 3. The van der Waals surface area contributed by atoms with Crippen LogP contribution in [0, 0.1) is 5.92 Å². The molecule has 0 radical (unpaired) electrons. The van der Waals surface area contributed by atoms with E-state index in [4.69, 9.17) is 4.74 Å². The lowest BCUT2D eigenvalue weighted by Gasteiger charge is -2.30. The van der Waals surface area contributed by atoms with Gasteiger partial charge in [-0.05, 0) is 43.5 Å². The molecule has 0 spiro atoms. The van der Waals surface area contributed by atoms with E-state index in [1.807, 2.05) is 11.9 Å². The van der Waals surface area contributed by atoms with Gasteiger partial charge in [-0.15, -0.1) is 0 Å². The molecule has 1 aromatic rings. The van der Waals surface area contributed by atoms with E-state index in [9.17, 15) is 18.0 Å². The molecule has 1 aliphatic carbocycles. The van der Waals surface area contributed by atoms with Crippen molar-refractivity contribution in [2.24, 2.45) is 5.92 Å². The second-order valence-corrected chi connectivity index (χ2v) is 6.57. The average Bonchev–Trinajstić information content (AvgIpc) is 3.36. The molecule has 132 valence electrons. The molecule has 1 heterocycles. The Morgan fingerprint density at radius 2 is 2.12 bits per heavy atom. The number of nitrogens with zero attached hydrogens (tertiary/aromatic N) is 1. The number of nitrogens with one attached hydrogen (secondary N) is 1. The van der Waals surface area contributed by atoms with Crippen molar-refractivity contribution >= 4 is 5.91 Å². The summed E-state index contributed by atoms with van der Waals surface area (Å²) >= 11 is 0. The van der Waals surface area contributed by atoms with E-state index < -0.39 is 23.9 Å². The van der Waals surface area contributed by atoms with Gasteiger partial charge in [-0.3, -0.25) is 4.79 Å². The van der Waals surface area contributed by atoms with Crippen molar-refractivity contribution in [3.8, 4) is 0 Å². The fourth-order valence-corrected chi connectivity index (χ4v) is 2.99. The van der Waals surface area contributed by atoms with E-state index in [1.54, 1.807) is 6.07 Å². The van der Waals surface area contributed by atoms with E-state index in [1.165, 1.54) is 6.07 Å². The lowest BCUT2D eigenvalue weighted by atomic mass is 9.99. The molecule has 7 heteroatoms. The van der Waals surface area contributed by atoms with Gasteiger partial charge in [0.15, 0.2) is 0 Å². The summed E-state index contributed by atoms with van der Waals surface area (Å²) < 4.78 is 44.3. The van der Waals surface area contributed by atoms with Crippen molar-refractivity contribution in [3.05, 3.63) is 35.4 Å². The summed E-state index contributed by atoms with van der Waals surface area (Å²) in [6.45, 7) is 1.74. The number of amides is 1. The Morgan fingerprint density at radius 3 is 2.75 bits per heavy atom. The number of halogens is 3. The number of carbonyl (C=O) groups excluding carboxylic acids is 1. The molecule has 4 nitrogen and oxygen atoms in total. The lowest BCUT2D eigenvalue weighted by Crippen LogP contribution is -2.49. The van der Waals surface area contributed by atoms with E-state index in [0.29, 0.717) is 18.7 Å². The van der Waals surface area contributed by atoms with Crippen LogP contribution >= 0.6 is 0 Å². The van der Waals surface area contributed by atoms with Crippen LogP contribution in [-0.4, -0.2) is 43.7 Å². The Bertz CT molecular complexity index is 602. The van der Waals surface area contributed by atoms with Crippen molar-refractivity contribution in [1.82, 2.24) is 10.2 Å². The molecule has 2 aliphatic rings. The summed E-state index contributed by atoms with van der Waals surface area (Å²) in [6, 6.07) is 4.83. The molecule has 2 fully saturated rings. The maximum Gasteiger partial charge on any atom is 0.416 e. The molecule has 3 rings (SSSR count). The van der Waals surface area contributed by atoms with Gasteiger partial charge < -0.3 is 15.0 Å². The number of morpholine rings is 1. The van der Waals surface area contributed by atoms with Crippen LogP contribution in [0.25, 0.3) is 0 Å². The first kappa shape index (κ1) is 17.2. The van der Waals surface area contributed by atoms with Crippen LogP contribution in [0.4, 0.5) is 13.2 Å². The second-order valence-electron chi connectivity index (χ2n) is 6.57. The first-order valence-corrected chi connectivity index (χ1v) is 8.12. The van der Waals surface area contributed by atoms with Gasteiger partial charge in [0.2, 0.25) is 0 Å². The number of ether oxygens (including phenoxy) is 1. The molecule has 1 saturated carbocycles. The predicted molar refractivity (Wildman–Crippen MR) is 82.3 cm³/mol. The van der Waals surface area contributed by atoms with Gasteiger partial charge >= 0.3 is 6.18 Å². The molecule has 0 unspecified atom stereocenters. The quantitative estimate of drug-likeness (QED) is 0.915. The topological polar surface area (TPSA) is 41.6 Å². The lowest BCUT2D eigenvalue weighted by molar-refractivity contribution is -0.138. The van der Waals surface area contributed by atoms with Crippen LogP contribution in [0.15, 0.2) is 24.3 Å². The van der Waals surface area contributed by atoms with Gasteiger partial charge in [0.1, 0.15) is 6.10 Å². The molecule has 1 aliphatic heterocycles. The fraction of sp³-hybridized carbons (Fsp3) is 0.588.